The van der Waals surface area contributed by atoms with E-state index >= 15 is 0 Å². The van der Waals surface area contributed by atoms with Gasteiger partial charge in [-0.3, -0.25) is 9.59 Å². The van der Waals surface area contributed by atoms with Crippen molar-refractivity contribution in [1.29, 1.82) is 0 Å². The molecule has 2 N–H and O–H groups in total. The number of piperidine rings is 2. The zero-order chi connectivity index (χ0) is 56.9. The van der Waals surface area contributed by atoms with Crippen LogP contribution in [0.25, 0.3) is 44.1 Å². The average Bonchev–Trinajstić information content (AvgIpc) is 3.26. The number of hydrogen-bond acceptors (Lipinski definition) is 16. The van der Waals surface area contributed by atoms with Crippen LogP contribution in [0.2, 0.25) is 0 Å². The van der Waals surface area contributed by atoms with Gasteiger partial charge in [-0.1, -0.05) is 23.1 Å². The molecule has 1 atom stereocenters. The highest BCUT2D eigenvalue weighted by Gasteiger charge is 2.48. The van der Waals surface area contributed by atoms with Crippen LogP contribution >= 0.6 is 0 Å². The number of aromatic nitrogens is 12. The molecule has 20 nitrogen and oxygen atoms in total. The van der Waals surface area contributed by atoms with Crippen molar-refractivity contribution < 1.29 is 19.1 Å². The number of benzene rings is 4. The first-order valence-corrected chi connectivity index (χ1v) is 27.4. The molecule has 10 aromatic rings. The van der Waals surface area contributed by atoms with Crippen molar-refractivity contribution in [3.8, 4) is 23.0 Å². The standard InChI is InChI=1S/C62H62N16O4/c1-9-55(79)76-26-10-12-39(34-76)45-18-20-47-57(69-45)59(65-35-63-47)67-41-15-25-54(38(3)29-41)82-44-17-23-52-50(31-44)72-74-77(52)27-11-13-56(80)78-61(4,5)32-40(33-62(78,6)7)46-19-21-48-58(70-46)60(66-36-64-48)68-42-14-24-53(37(2)28-42)81-43-16-22-51-49(30-43)71-73-75(51)8/h9,11,13-25,28-31,35-36,39-40H,1,10,12,26-27,32-34H2,2-8H3,(H,63,65,67)(H,64,66,68)/b13-11+. The molecule has 0 bridgehead atoms. The number of aryl methyl sites for hydroxylation is 3. The van der Waals surface area contributed by atoms with Crippen LogP contribution in [0.5, 0.6) is 23.0 Å². The third kappa shape index (κ3) is 10.6. The van der Waals surface area contributed by atoms with Gasteiger partial charge in [-0.2, -0.15) is 0 Å². The monoisotopic (exact) mass is 1090 g/mol. The van der Waals surface area contributed by atoms with Gasteiger partial charge in [0.1, 0.15) is 57.7 Å². The Morgan fingerprint density at radius 3 is 1.80 bits per heavy atom. The Bertz CT molecular complexity index is 4150. The molecule has 12 rings (SSSR count). The summed E-state index contributed by atoms with van der Waals surface area (Å²) >= 11 is 0. The molecule has 20 heteroatoms. The van der Waals surface area contributed by atoms with E-state index in [2.05, 4.69) is 91.5 Å². The molecule has 2 amide bonds. The van der Waals surface area contributed by atoms with Gasteiger partial charge in [0.2, 0.25) is 11.8 Å². The van der Waals surface area contributed by atoms with E-state index in [9.17, 15) is 9.59 Å². The minimum Gasteiger partial charge on any atom is -0.457 e. The summed E-state index contributed by atoms with van der Waals surface area (Å²) in [5.74, 6) is 3.91. The van der Waals surface area contributed by atoms with Crippen molar-refractivity contribution in [3.05, 3.63) is 157 Å². The summed E-state index contributed by atoms with van der Waals surface area (Å²) in [6.45, 7) is 17.8. The quantitative estimate of drug-likeness (QED) is 0.0966. The Hall–Kier alpha value is -9.72. The number of anilines is 4. The van der Waals surface area contributed by atoms with Crippen molar-refractivity contribution >= 4 is 79.0 Å². The van der Waals surface area contributed by atoms with Crippen molar-refractivity contribution in [2.45, 2.75) is 96.7 Å². The Morgan fingerprint density at radius 1 is 0.659 bits per heavy atom. The molecule has 2 fully saturated rings. The van der Waals surface area contributed by atoms with E-state index in [0.29, 0.717) is 71.4 Å². The van der Waals surface area contributed by atoms with Crippen molar-refractivity contribution in [2.75, 3.05) is 23.7 Å². The number of carbonyl (C=O) groups excluding carboxylic acids is 2. The first kappa shape index (κ1) is 53.0. The molecule has 0 spiro atoms. The maximum absolute atomic E-state index is 14.3. The summed E-state index contributed by atoms with van der Waals surface area (Å²) in [5, 5.41) is 24.1. The van der Waals surface area contributed by atoms with E-state index in [1.54, 1.807) is 21.8 Å². The number of fused-ring (bicyclic) bond motifs is 4. The Morgan fingerprint density at radius 2 is 1.22 bits per heavy atom. The first-order chi connectivity index (χ1) is 39.5. The predicted octanol–water partition coefficient (Wildman–Crippen LogP) is 11.5. The van der Waals surface area contributed by atoms with Gasteiger partial charge in [-0.25, -0.2) is 39.3 Å². The lowest BCUT2D eigenvalue weighted by molar-refractivity contribution is -0.144. The van der Waals surface area contributed by atoms with Crippen LogP contribution in [-0.2, 0) is 23.2 Å². The van der Waals surface area contributed by atoms with Crippen molar-refractivity contribution in [1.82, 2.24) is 69.7 Å². The summed E-state index contributed by atoms with van der Waals surface area (Å²) in [6.07, 6.45) is 11.2. The van der Waals surface area contributed by atoms with Crippen LogP contribution in [0.4, 0.5) is 23.0 Å². The second kappa shape index (κ2) is 21.4. The molecule has 2 saturated heterocycles. The van der Waals surface area contributed by atoms with Crippen LogP contribution in [0.15, 0.2) is 135 Å². The third-order valence-electron chi connectivity index (χ3n) is 15.6. The van der Waals surface area contributed by atoms with Crippen molar-refractivity contribution in [2.24, 2.45) is 7.05 Å². The molecule has 2 aliphatic heterocycles. The average molecular weight is 1100 g/mol. The zero-order valence-corrected chi connectivity index (χ0v) is 46.8. The van der Waals surface area contributed by atoms with E-state index in [1.165, 1.54) is 12.4 Å². The molecule has 4 aromatic carbocycles. The molecule has 6 aromatic heterocycles. The highest BCUT2D eigenvalue weighted by atomic mass is 16.5. The number of rotatable bonds is 14. The normalized spacial score (nSPS) is 16.3. The van der Waals surface area contributed by atoms with Crippen LogP contribution in [0.3, 0.4) is 0 Å². The Balaban J connectivity index is 0.674. The molecular weight excluding hydrogens is 1030 g/mol. The number of ether oxygens (including phenoxy) is 2. The molecule has 1 unspecified atom stereocenters. The first-order valence-electron chi connectivity index (χ1n) is 27.4. The predicted molar refractivity (Wildman–Crippen MR) is 315 cm³/mol. The number of amides is 2. The molecule has 82 heavy (non-hydrogen) atoms. The van der Waals surface area contributed by atoms with Gasteiger partial charge in [-0.05, 0) is 169 Å². The highest BCUT2D eigenvalue weighted by Crippen LogP contribution is 2.46. The lowest BCUT2D eigenvalue weighted by Crippen LogP contribution is -2.62. The van der Waals surface area contributed by atoms with Gasteiger partial charge in [0.25, 0.3) is 0 Å². The van der Waals surface area contributed by atoms with Crippen molar-refractivity contribution in [3.63, 3.8) is 0 Å². The van der Waals surface area contributed by atoms with E-state index in [-0.39, 0.29) is 23.7 Å². The fraction of sp³-hybridized carbons (Fsp3) is 0.290. The summed E-state index contributed by atoms with van der Waals surface area (Å²) in [6, 6.07) is 31.2. The SMILES string of the molecule is C=CC(=O)N1CCCC(c2ccc3ncnc(Nc4ccc(Oc5ccc6c(c5)nnn6C/C=C/C(=O)N5C(C)(C)CC(c6ccc7ncnc(Nc8ccc(Oc9ccc%10c(c9)nnn%10C)c(C)c8)c7n6)CC5(C)C)c(C)c4)c3n2)C1. The molecule has 414 valence electrons. The third-order valence-corrected chi connectivity index (χ3v) is 15.6. The van der Waals surface area contributed by atoms with Gasteiger partial charge < -0.3 is 29.9 Å². The topological polar surface area (TPSA) is 222 Å². The highest BCUT2D eigenvalue weighted by molar-refractivity contribution is 5.90. The summed E-state index contributed by atoms with van der Waals surface area (Å²) in [7, 11) is 1.86. The maximum atomic E-state index is 14.3. The molecule has 0 radical (unpaired) electrons. The molecule has 0 saturated carbocycles. The smallest absolute Gasteiger partial charge is 0.247 e. The second-order valence-electron chi connectivity index (χ2n) is 22.5. The summed E-state index contributed by atoms with van der Waals surface area (Å²) < 4.78 is 16.1. The van der Waals surface area contributed by atoms with Crippen LogP contribution in [0.1, 0.15) is 87.7 Å². The van der Waals surface area contributed by atoms with Gasteiger partial charge in [0.15, 0.2) is 11.6 Å². The maximum Gasteiger partial charge on any atom is 0.247 e. The molecule has 8 heterocycles. The number of hydrogen-bond donors (Lipinski definition) is 2. The second-order valence-corrected chi connectivity index (χ2v) is 22.5. The van der Waals surface area contributed by atoms with Crippen LogP contribution in [-0.4, -0.2) is 106 Å². The minimum absolute atomic E-state index is 0.0595. The van der Waals surface area contributed by atoms with E-state index in [1.807, 2.05) is 128 Å². The van der Waals surface area contributed by atoms with Crippen LogP contribution < -0.4 is 20.1 Å². The number of allylic oxidation sites excluding steroid dienone is 1. The van der Waals surface area contributed by atoms with Gasteiger partial charge >= 0.3 is 0 Å². The number of likely N-dealkylation sites (tertiary alicyclic amines) is 2. The van der Waals surface area contributed by atoms with E-state index < -0.39 is 11.1 Å². The number of carbonyl (C=O) groups is 2. The van der Waals surface area contributed by atoms with Gasteiger partial charge in [-0.15, -0.1) is 10.2 Å². The Labute approximate surface area is 473 Å². The minimum atomic E-state index is -0.506. The molecular formula is C62H62N16O4. The van der Waals surface area contributed by atoms with E-state index in [0.717, 1.165) is 86.6 Å². The van der Waals surface area contributed by atoms with Gasteiger partial charge in [0.05, 0.1) is 28.6 Å². The lowest BCUT2D eigenvalue weighted by atomic mass is 9.72. The fourth-order valence-electron chi connectivity index (χ4n) is 12.0. The Kier molecular flexibility index (Phi) is 13.8. The van der Waals surface area contributed by atoms with Crippen LogP contribution in [0, 0.1) is 13.8 Å². The van der Waals surface area contributed by atoms with E-state index in [4.69, 9.17) is 19.4 Å². The molecule has 0 aliphatic carbocycles. The largest absolute Gasteiger partial charge is 0.457 e. The summed E-state index contributed by atoms with van der Waals surface area (Å²) in [5.41, 5.74) is 10.2. The number of nitrogens with zero attached hydrogens (tertiary/aromatic N) is 14. The summed E-state index contributed by atoms with van der Waals surface area (Å²) in [4.78, 5) is 58.9. The zero-order valence-electron chi connectivity index (χ0n) is 46.8. The lowest BCUT2D eigenvalue weighted by Gasteiger charge is -2.55. The fourth-order valence-corrected chi connectivity index (χ4v) is 12.0. The number of pyridine rings is 2. The molecule has 2 aliphatic rings. The van der Waals surface area contributed by atoms with Gasteiger partial charge in [0, 0.05) is 84.0 Å². The number of nitrogens with one attached hydrogen (secondary N) is 2.